The molecule has 0 bridgehead atoms. The summed E-state index contributed by atoms with van der Waals surface area (Å²) in [6.07, 6.45) is 0. The summed E-state index contributed by atoms with van der Waals surface area (Å²) >= 11 is 0. The van der Waals surface area contributed by atoms with Gasteiger partial charge in [-0.05, 0) is 50.2 Å². The second-order valence-electron chi connectivity index (χ2n) is 5.19. The molecule has 0 aliphatic heterocycles. The smallest absolute Gasteiger partial charge is 0.124 e. The molecular formula is C18H23NO2. The van der Waals surface area contributed by atoms with Crippen LogP contribution in [0.5, 0.6) is 11.5 Å². The van der Waals surface area contributed by atoms with Gasteiger partial charge < -0.3 is 14.8 Å². The molecule has 0 amide bonds. The van der Waals surface area contributed by atoms with Crippen molar-refractivity contribution < 1.29 is 9.47 Å². The standard InChI is InChI=1S/C18H23NO2/c1-12-6-8-15(13(2)10-12)18(19-3)16-11-14(20-4)7-9-17(16)21-5/h6-11,18-19H,1-5H3. The minimum atomic E-state index is 0.0654. The number of hydrogen-bond acceptors (Lipinski definition) is 3. The van der Waals surface area contributed by atoms with Gasteiger partial charge in [-0.15, -0.1) is 0 Å². The Morgan fingerprint density at radius 2 is 1.67 bits per heavy atom. The van der Waals surface area contributed by atoms with Crippen molar-refractivity contribution in [1.82, 2.24) is 5.32 Å². The lowest BCUT2D eigenvalue weighted by Gasteiger charge is -2.22. The second kappa shape index (κ2) is 6.64. The first-order valence-electron chi connectivity index (χ1n) is 7.07. The van der Waals surface area contributed by atoms with Gasteiger partial charge in [-0.25, -0.2) is 0 Å². The van der Waals surface area contributed by atoms with Crippen LogP contribution >= 0.6 is 0 Å². The van der Waals surface area contributed by atoms with Crippen LogP contribution in [0.2, 0.25) is 0 Å². The molecule has 1 unspecified atom stereocenters. The third-order valence-corrected chi connectivity index (χ3v) is 3.77. The number of nitrogens with one attached hydrogen (secondary N) is 1. The van der Waals surface area contributed by atoms with E-state index in [0.717, 1.165) is 17.1 Å². The zero-order chi connectivity index (χ0) is 15.4. The quantitative estimate of drug-likeness (QED) is 0.910. The highest BCUT2D eigenvalue weighted by Crippen LogP contribution is 2.34. The predicted octanol–water partition coefficient (Wildman–Crippen LogP) is 3.63. The Labute approximate surface area is 126 Å². The van der Waals surface area contributed by atoms with Crippen LogP contribution in [0.1, 0.15) is 28.3 Å². The fourth-order valence-electron chi connectivity index (χ4n) is 2.69. The van der Waals surface area contributed by atoms with Crippen molar-refractivity contribution in [2.75, 3.05) is 21.3 Å². The molecule has 2 aromatic carbocycles. The average molecular weight is 285 g/mol. The second-order valence-corrected chi connectivity index (χ2v) is 5.19. The maximum absolute atomic E-state index is 5.52. The fraction of sp³-hybridized carbons (Fsp3) is 0.333. The van der Waals surface area contributed by atoms with Gasteiger partial charge in [0, 0.05) is 5.56 Å². The Morgan fingerprint density at radius 1 is 0.905 bits per heavy atom. The minimum Gasteiger partial charge on any atom is -0.497 e. The van der Waals surface area contributed by atoms with Crippen molar-refractivity contribution in [3.63, 3.8) is 0 Å². The molecule has 2 rings (SSSR count). The van der Waals surface area contributed by atoms with Crippen LogP contribution < -0.4 is 14.8 Å². The van der Waals surface area contributed by atoms with Gasteiger partial charge in [0.2, 0.25) is 0 Å². The number of rotatable bonds is 5. The van der Waals surface area contributed by atoms with Gasteiger partial charge in [-0.2, -0.15) is 0 Å². The Kier molecular flexibility index (Phi) is 4.86. The van der Waals surface area contributed by atoms with Gasteiger partial charge in [-0.3, -0.25) is 0 Å². The summed E-state index contributed by atoms with van der Waals surface area (Å²) < 4.78 is 10.9. The van der Waals surface area contributed by atoms with Crippen molar-refractivity contribution in [1.29, 1.82) is 0 Å². The number of hydrogen-bond donors (Lipinski definition) is 1. The molecule has 3 nitrogen and oxygen atoms in total. The molecule has 21 heavy (non-hydrogen) atoms. The molecule has 1 N–H and O–H groups in total. The zero-order valence-electron chi connectivity index (χ0n) is 13.4. The molecule has 0 spiro atoms. The highest BCUT2D eigenvalue weighted by molar-refractivity contribution is 5.48. The Balaban J connectivity index is 2.54. The van der Waals surface area contributed by atoms with Crippen LogP contribution in [0.25, 0.3) is 0 Å². The summed E-state index contributed by atoms with van der Waals surface area (Å²) in [5.41, 5.74) is 4.85. The molecule has 0 aliphatic carbocycles. The molecule has 0 heterocycles. The summed E-state index contributed by atoms with van der Waals surface area (Å²) in [5.74, 6) is 1.69. The molecule has 112 valence electrons. The van der Waals surface area contributed by atoms with Crippen LogP contribution in [-0.4, -0.2) is 21.3 Å². The first-order chi connectivity index (χ1) is 10.1. The van der Waals surface area contributed by atoms with Crippen LogP contribution in [0.3, 0.4) is 0 Å². The SMILES string of the molecule is CNC(c1ccc(C)cc1C)c1cc(OC)ccc1OC. The van der Waals surface area contributed by atoms with E-state index in [1.807, 2.05) is 25.2 Å². The number of methoxy groups -OCH3 is 2. The number of ether oxygens (including phenoxy) is 2. The van der Waals surface area contributed by atoms with Gasteiger partial charge in [0.1, 0.15) is 11.5 Å². The van der Waals surface area contributed by atoms with Crippen molar-refractivity contribution in [2.45, 2.75) is 19.9 Å². The summed E-state index contributed by atoms with van der Waals surface area (Å²) in [4.78, 5) is 0. The van der Waals surface area contributed by atoms with Gasteiger partial charge in [0.05, 0.1) is 20.3 Å². The van der Waals surface area contributed by atoms with Crippen molar-refractivity contribution in [2.24, 2.45) is 0 Å². The van der Waals surface area contributed by atoms with Crippen molar-refractivity contribution >= 4 is 0 Å². The van der Waals surface area contributed by atoms with Crippen LogP contribution in [-0.2, 0) is 0 Å². The van der Waals surface area contributed by atoms with E-state index in [1.165, 1.54) is 16.7 Å². The van der Waals surface area contributed by atoms with E-state index in [4.69, 9.17) is 9.47 Å². The van der Waals surface area contributed by atoms with Crippen molar-refractivity contribution in [3.8, 4) is 11.5 Å². The molecule has 1 atom stereocenters. The topological polar surface area (TPSA) is 30.5 Å². The largest absolute Gasteiger partial charge is 0.497 e. The summed E-state index contributed by atoms with van der Waals surface area (Å²) in [6.45, 7) is 4.25. The lowest BCUT2D eigenvalue weighted by molar-refractivity contribution is 0.395. The zero-order valence-corrected chi connectivity index (χ0v) is 13.4. The first-order valence-corrected chi connectivity index (χ1v) is 7.07. The normalized spacial score (nSPS) is 12.0. The van der Waals surface area contributed by atoms with E-state index < -0.39 is 0 Å². The molecule has 0 radical (unpaired) electrons. The lowest BCUT2D eigenvalue weighted by Crippen LogP contribution is -2.19. The van der Waals surface area contributed by atoms with Gasteiger partial charge in [-0.1, -0.05) is 23.8 Å². The van der Waals surface area contributed by atoms with Crippen LogP contribution in [0.15, 0.2) is 36.4 Å². The van der Waals surface area contributed by atoms with E-state index >= 15 is 0 Å². The van der Waals surface area contributed by atoms with E-state index in [0.29, 0.717) is 0 Å². The third-order valence-electron chi connectivity index (χ3n) is 3.77. The van der Waals surface area contributed by atoms with Crippen molar-refractivity contribution in [3.05, 3.63) is 58.7 Å². The summed E-state index contributed by atoms with van der Waals surface area (Å²) in [7, 11) is 5.33. The first kappa shape index (κ1) is 15.4. The molecule has 0 fully saturated rings. The van der Waals surface area contributed by atoms with E-state index in [1.54, 1.807) is 14.2 Å². The monoisotopic (exact) mass is 285 g/mol. The fourth-order valence-corrected chi connectivity index (χ4v) is 2.69. The Bertz CT molecular complexity index is 623. The maximum atomic E-state index is 5.52. The summed E-state index contributed by atoms with van der Waals surface area (Å²) in [6, 6.07) is 12.5. The van der Waals surface area contributed by atoms with Gasteiger partial charge in [0.25, 0.3) is 0 Å². The number of aryl methyl sites for hydroxylation is 2. The van der Waals surface area contributed by atoms with E-state index in [2.05, 4.69) is 37.4 Å². The minimum absolute atomic E-state index is 0.0654. The van der Waals surface area contributed by atoms with Gasteiger partial charge >= 0.3 is 0 Å². The Hall–Kier alpha value is -2.00. The van der Waals surface area contributed by atoms with Crippen LogP contribution in [0, 0.1) is 13.8 Å². The summed E-state index contributed by atoms with van der Waals surface area (Å²) in [5, 5.41) is 3.39. The highest BCUT2D eigenvalue weighted by Gasteiger charge is 2.19. The molecular weight excluding hydrogens is 262 g/mol. The molecule has 2 aromatic rings. The maximum Gasteiger partial charge on any atom is 0.124 e. The molecule has 0 aliphatic rings. The average Bonchev–Trinajstić information content (AvgIpc) is 2.49. The predicted molar refractivity (Wildman–Crippen MR) is 86.4 cm³/mol. The third kappa shape index (κ3) is 3.19. The number of benzene rings is 2. The Morgan fingerprint density at radius 3 is 2.24 bits per heavy atom. The van der Waals surface area contributed by atoms with E-state index in [9.17, 15) is 0 Å². The van der Waals surface area contributed by atoms with E-state index in [-0.39, 0.29) is 6.04 Å². The molecule has 0 aromatic heterocycles. The molecule has 0 saturated carbocycles. The molecule has 0 saturated heterocycles. The molecule has 3 heteroatoms. The van der Waals surface area contributed by atoms with Gasteiger partial charge in [0.15, 0.2) is 0 Å². The lowest BCUT2D eigenvalue weighted by atomic mass is 9.93. The highest BCUT2D eigenvalue weighted by atomic mass is 16.5. The van der Waals surface area contributed by atoms with Crippen LogP contribution in [0.4, 0.5) is 0 Å².